The molecule has 15 nitrogen and oxygen atoms in total. The monoisotopic (exact) mass is 1040 g/mol. The van der Waals surface area contributed by atoms with Crippen LogP contribution in [-0.2, 0) is 32.2 Å². The second kappa shape index (κ2) is 20.7. The van der Waals surface area contributed by atoms with E-state index in [-0.39, 0.29) is 50.0 Å². The second-order valence-corrected chi connectivity index (χ2v) is 20.7. The SMILES string of the molecule is CC(=O)c1cnc(N2CCN(c3ccc(F)c(S(C)(=O)=O)c3)C[C@H]2c2ccc(F)cc2)nc1C(F)(F)F.CNS(=O)(=O)c1cc(N2CCN(c3ncc(C(C)=O)c(C(F)(F)F)n3)[C@H](C(C)C)C2)ccc1F. The molecule has 5 aromatic rings. The average molecular weight is 1040 g/mol. The number of carbonyl (C=O) groups excluding carboxylic acids is 2. The molecule has 2 aliphatic rings. The zero-order valence-electron chi connectivity index (χ0n) is 38.6. The fourth-order valence-corrected chi connectivity index (χ4v) is 9.61. The molecule has 0 spiro atoms. The molecular formula is C45H46F9N9O6S2. The molecule has 3 aromatic carbocycles. The zero-order valence-corrected chi connectivity index (χ0v) is 40.3. The van der Waals surface area contributed by atoms with Crippen LogP contribution in [-0.4, -0.2) is 107 Å². The van der Waals surface area contributed by atoms with Crippen molar-refractivity contribution in [1.82, 2.24) is 24.7 Å². The van der Waals surface area contributed by atoms with Crippen LogP contribution >= 0.6 is 0 Å². The van der Waals surface area contributed by atoms with Gasteiger partial charge in [-0.1, -0.05) is 26.0 Å². The van der Waals surface area contributed by atoms with Gasteiger partial charge in [0.05, 0.1) is 23.2 Å². The molecule has 7 rings (SSSR count). The van der Waals surface area contributed by atoms with Crippen LogP contribution in [0.15, 0.2) is 82.8 Å². The molecule has 0 unspecified atom stereocenters. The van der Waals surface area contributed by atoms with Crippen LogP contribution in [0.5, 0.6) is 0 Å². The minimum Gasteiger partial charge on any atom is -0.368 e. The molecule has 0 aliphatic carbocycles. The molecular weight excluding hydrogens is 998 g/mol. The molecule has 2 aromatic heterocycles. The summed E-state index contributed by atoms with van der Waals surface area (Å²) < 4.78 is 174. The number of nitrogens with zero attached hydrogens (tertiary/aromatic N) is 8. The third kappa shape index (κ3) is 12.2. The first kappa shape index (κ1) is 53.9. The average Bonchev–Trinajstić information content (AvgIpc) is 3.30. The molecule has 2 fully saturated rings. The minimum atomic E-state index is -4.90. The lowest BCUT2D eigenvalue weighted by Gasteiger charge is -2.44. The predicted molar refractivity (Wildman–Crippen MR) is 243 cm³/mol. The maximum atomic E-state index is 14.2. The summed E-state index contributed by atoms with van der Waals surface area (Å²) >= 11 is 0. The number of carbonyl (C=O) groups is 2. The van der Waals surface area contributed by atoms with Gasteiger partial charge in [0.2, 0.25) is 21.9 Å². The third-order valence-electron chi connectivity index (χ3n) is 11.7. The highest BCUT2D eigenvalue weighted by molar-refractivity contribution is 7.90. The number of benzene rings is 3. The van der Waals surface area contributed by atoms with Gasteiger partial charge in [-0.25, -0.2) is 54.7 Å². The summed E-state index contributed by atoms with van der Waals surface area (Å²) in [6.07, 6.45) is -7.11. The van der Waals surface area contributed by atoms with Crippen LogP contribution in [0.1, 0.15) is 71.4 Å². The number of piperazine rings is 2. The van der Waals surface area contributed by atoms with E-state index >= 15 is 0 Å². The summed E-state index contributed by atoms with van der Waals surface area (Å²) in [5.41, 5.74) is -2.52. The molecule has 2 saturated heterocycles. The van der Waals surface area contributed by atoms with Crippen molar-refractivity contribution in [3.63, 3.8) is 0 Å². The highest BCUT2D eigenvalue weighted by Gasteiger charge is 2.41. The summed E-state index contributed by atoms with van der Waals surface area (Å²) in [4.78, 5) is 44.6. The fraction of sp³-hybridized carbons (Fsp3) is 0.378. The summed E-state index contributed by atoms with van der Waals surface area (Å²) in [5, 5.41) is 0. The van der Waals surface area contributed by atoms with Crippen LogP contribution < -0.4 is 24.3 Å². The van der Waals surface area contributed by atoms with Crippen molar-refractivity contribution >= 4 is 54.7 Å². The van der Waals surface area contributed by atoms with Crippen molar-refractivity contribution in [3.8, 4) is 0 Å². The Morgan fingerprint density at radius 2 is 1.11 bits per heavy atom. The number of hydrogen-bond acceptors (Lipinski definition) is 14. The van der Waals surface area contributed by atoms with Gasteiger partial charge in [0.15, 0.2) is 32.8 Å². The Kier molecular flexibility index (Phi) is 15.8. The molecule has 71 heavy (non-hydrogen) atoms. The van der Waals surface area contributed by atoms with Crippen LogP contribution in [0.4, 0.5) is 62.8 Å². The zero-order chi connectivity index (χ0) is 52.5. The van der Waals surface area contributed by atoms with Crippen molar-refractivity contribution < 1.29 is 65.9 Å². The Balaban J connectivity index is 0.000000233. The topological polar surface area (TPSA) is 179 Å². The normalized spacial score (nSPS) is 17.0. The highest BCUT2D eigenvalue weighted by atomic mass is 32.2. The lowest BCUT2D eigenvalue weighted by Crippen LogP contribution is -2.56. The maximum absolute atomic E-state index is 14.2. The fourth-order valence-electron chi connectivity index (χ4n) is 8.04. The van der Waals surface area contributed by atoms with E-state index in [0.717, 1.165) is 44.6 Å². The number of rotatable bonds is 11. The predicted octanol–water partition coefficient (Wildman–Crippen LogP) is 7.54. The number of alkyl halides is 6. The van der Waals surface area contributed by atoms with E-state index in [0.29, 0.717) is 30.0 Å². The number of hydrogen-bond donors (Lipinski definition) is 1. The molecule has 26 heteroatoms. The first-order chi connectivity index (χ1) is 33.0. The van der Waals surface area contributed by atoms with Crippen molar-refractivity contribution in [2.45, 2.75) is 61.9 Å². The van der Waals surface area contributed by atoms with Gasteiger partial charge in [-0.05, 0) is 80.9 Å². The first-order valence-electron chi connectivity index (χ1n) is 21.4. The van der Waals surface area contributed by atoms with Crippen molar-refractivity contribution in [1.29, 1.82) is 0 Å². The van der Waals surface area contributed by atoms with E-state index in [9.17, 15) is 65.9 Å². The Morgan fingerprint density at radius 1 is 0.662 bits per heavy atom. The number of ketones is 2. The van der Waals surface area contributed by atoms with Gasteiger partial charge in [0.1, 0.15) is 27.2 Å². The number of anilines is 4. The van der Waals surface area contributed by atoms with Gasteiger partial charge in [-0.15, -0.1) is 0 Å². The van der Waals surface area contributed by atoms with E-state index in [1.807, 2.05) is 18.7 Å². The van der Waals surface area contributed by atoms with Gasteiger partial charge in [-0.3, -0.25) is 9.59 Å². The summed E-state index contributed by atoms with van der Waals surface area (Å²) in [7, 11) is -6.69. The van der Waals surface area contributed by atoms with Gasteiger partial charge in [0.25, 0.3) is 0 Å². The lowest BCUT2D eigenvalue weighted by molar-refractivity contribution is -0.142. The Hall–Kier alpha value is -6.41. The third-order valence-corrected chi connectivity index (χ3v) is 14.2. The molecule has 0 saturated carbocycles. The summed E-state index contributed by atoms with van der Waals surface area (Å²) in [6.45, 7) is 7.01. The lowest BCUT2D eigenvalue weighted by atomic mass is 9.99. The van der Waals surface area contributed by atoms with Gasteiger partial charge < -0.3 is 19.6 Å². The van der Waals surface area contributed by atoms with E-state index < -0.39 is 99.6 Å². The second-order valence-electron chi connectivity index (χ2n) is 16.8. The maximum Gasteiger partial charge on any atom is 0.434 e. The molecule has 1 N–H and O–H groups in total. The Bertz CT molecular complexity index is 3040. The minimum absolute atomic E-state index is 0.0471. The van der Waals surface area contributed by atoms with Gasteiger partial charge >= 0.3 is 12.4 Å². The van der Waals surface area contributed by atoms with Crippen LogP contribution in [0.25, 0.3) is 0 Å². The molecule has 4 heterocycles. The van der Waals surface area contributed by atoms with E-state index in [2.05, 4.69) is 24.7 Å². The van der Waals surface area contributed by atoms with E-state index in [4.69, 9.17) is 0 Å². The smallest absolute Gasteiger partial charge is 0.368 e. The van der Waals surface area contributed by atoms with Crippen molar-refractivity contribution in [2.75, 3.05) is 72.2 Å². The summed E-state index contributed by atoms with van der Waals surface area (Å²) in [5.74, 6) is -4.40. The van der Waals surface area contributed by atoms with Gasteiger partial charge in [-0.2, -0.15) is 26.3 Å². The molecule has 0 bridgehead atoms. The highest BCUT2D eigenvalue weighted by Crippen LogP contribution is 2.37. The molecule has 0 radical (unpaired) electrons. The standard InChI is InChI=1S/C24H21F5N4O3S.C21H25F4N5O3S/c1-14(34)18-12-30-23(31-22(18)24(27,28)29)33-10-9-32(13-20(33)15-3-5-16(25)6-4-15)17-7-8-19(26)21(11-17)37(2,35)36;1-12(2)17-11-29(14-5-6-16(22)18(9-14)34(32,33)26-4)7-8-30(17)20-27-10-15(13(3)31)19(28-20)21(23,24)25/h3-8,11-12,20H,9-10,13H2,1-2H3;5-6,9-10,12,17,26H,7-8,11H2,1-4H3/t20-;17-/m00/s1. The quantitative estimate of drug-likeness (QED) is 0.101. The Morgan fingerprint density at radius 3 is 1.56 bits per heavy atom. The number of aromatic nitrogens is 4. The van der Waals surface area contributed by atoms with Crippen molar-refractivity contribution in [2.24, 2.45) is 5.92 Å². The largest absolute Gasteiger partial charge is 0.434 e. The van der Waals surface area contributed by atoms with Crippen LogP contribution in [0.3, 0.4) is 0 Å². The molecule has 2 atom stereocenters. The number of Topliss-reactive ketones (excluding diaryl/α,β-unsaturated/α-hetero) is 2. The van der Waals surface area contributed by atoms with Crippen molar-refractivity contribution in [3.05, 3.63) is 119 Å². The number of halogens is 9. The van der Waals surface area contributed by atoms with Crippen LogP contribution in [0.2, 0.25) is 0 Å². The number of nitrogens with one attached hydrogen (secondary N) is 1. The summed E-state index contributed by atoms with van der Waals surface area (Å²) in [6, 6.07) is 11.7. The van der Waals surface area contributed by atoms with Crippen LogP contribution in [0, 0.1) is 23.4 Å². The molecule has 382 valence electrons. The molecule has 0 amide bonds. The van der Waals surface area contributed by atoms with Gasteiger partial charge in [0, 0.05) is 69.3 Å². The first-order valence-corrected chi connectivity index (χ1v) is 24.8. The molecule has 2 aliphatic heterocycles. The number of sulfone groups is 1. The Labute approximate surface area is 402 Å². The van der Waals surface area contributed by atoms with E-state index in [1.54, 1.807) is 9.80 Å². The number of sulfonamides is 1. The van der Waals surface area contributed by atoms with E-state index in [1.165, 1.54) is 60.5 Å².